The number of hydrogen-bond donors (Lipinski definition) is 1. The summed E-state index contributed by atoms with van der Waals surface area (Å²) in [6.45, 7) is 4.39. The summed E-state index contributed by atoms with van der Waals surface area (Å²) in [4.78, 5) is 2.12. The lowest BCUT2D eigenvalue weighted by atomic mass is 10.0. The maximum absolute atomic E-state index is 12.8. The van der Waals surface area contributed by atoms with E-state index in [-0.39, 0.29) is 18.7 Å². The van der Waals surface area contributed by atoms with Crippen molar-refractivity contribution in [2.45, 2.75) is 31.7 Å². The monoisotopic (exact) mass is 302 g/mol. The van der Waals surface area contributed by atoms with Gasteiger partial charge in [0.05, 0.1) is 11.7 Å². The molecule has 118 valence electrons. The maximum atomic E-state index is 12.8. The molecule has 1 heterocycles. The van der Waals surface area contributed by atoms with Crippen molar-refractivity contribution < 1.29 is 17.9 Å². The van der Waals surface area contributed by atoms with Gasteiger partial charge >= 0.3 is 6.18 Å². The van der Waals surface area contributed by atoms with Crippen molar-refractivity contribution >= 4 is 0 Å². The Morgan fingerprint density at radius 3 is 2.86 bits per heavy atom. The van der Waals surface area contributed by atoms with Crippen LogP contribution < -0.4 is 5.73 Å². The van der Waals surface area contributed by atoms with E-state index in [1.807, 2.05) is 6.92 Å². The summed E-state index contributed by atoms with van der Waals surface area (Å²) in [5.41, 5.74) is 5.81. The van der Waals surface area contributed by atoms with Crippen molar-refractivity contribution in [2.75, 3.05) is 26.2 Å². The lowest BCUT2D eigenvalue weighted by Gasteiger charge is -2.31. The van der Waals surface area contributed by atoms with E-state index in [9.17, 15) is 13.2 Å². The van der Waals surface area contributed by atoms with Gasteiger partial charge in [-0.3, -0.25) is 4.90 Å². The van der Waals surface area contributed by atoms with Crippen LogP contribution >= 0.6 is 0 Å². The molecule has 2 rings (SSSR count). The second-order valence-corrected chi connectivity index (χ2v) is 5.40. The van der Waals surface area contributed by atoms with Gasteiger partial charge in [0.1, 0.15) is 0 Å². The molecule has 3 nitrogen and oxygen atoms in total. The summed E-state index contributed by atoms with van der Waals surface area (Å²) in [6, 6.07) is 5.23. The van der Waals surface area contributed by atoms with Crippen LogP contribution in [0.1, 0.15) is 30.5 Å². The van der Waals surface area contributed by atoms with E-state index >= 15 is 0 Å². The van der Waals surface area contributed by atoms with Gasteiger partial charge in [-0.15, -0.1) is 0 Å². The summed E-state index contributed by atoms with van der Waals surface area (Å²) in [6.07, 6.45) is -3.41. The molecular weight excluding hydrogens is 281 g/mol. The van der Waals surface area contributed by atoms with E-state index in [1.165, 1.54) is 12.1 Å². The van der Waals surface area contributed by atoms with Gasteiger partial charge in [-0.05, 0) is 31.0 Å². The number of halogens is 3. The fourth-order valence-electron chi connectivity index (χ4n) is 2.73. The third-order valence-corrected chi connectivity index (χ3v) is 3.75. The summed E-state index contributed by atoms with van der Waals surface area (Å²) in [5.74, 6) is 0. The van der Waals surface area contributed by atoms with Crippen molar-refractivity contribution in [2.24, 2.45) is 5.73 Å². The molecule has 1 aliphatic rings. The second-order valence-electron chi connectivity index (χ2n) is 5.40. The molecule has 2 atom stereocenters. The summed E-state index contributed by atoms with van der Waals surface area (Å²) < 4.78 is 44.1. The van der Waals surface area contributed by atoms with Crippen LogP contribution in [0.3, 0.4) is 0 Å². The number of rotatable bonds is 3. The van der Waals surface area contributed by atoms with E-state index in [0.29, 0.717) is 18.7 Å². The SMILES string of the molecule is CC1CN(C(CN)c2cccc(C(F)(F)F)c2)CCCO1. The van der Waals surface area contributed by atoms with Gasteiger partial charge in [0.15, 0.2) is 0 Å². The Balaban J connectivity index is 2.24. The predicted molar refractivity (Wildman–Crippen MR) is 74.8 cm³/mol. The molecule has 1 aromatic rings. The Kier molecular flexibility index (Phi) is 5.24. The highest BCUT2D eigenvalue weighted by Crippen LogP contribution is 2.32. The first-order chi connectivity index (χ1) is 9.91. The molecule has 0 bridgehead atoms. The van der Waals surface area contributed by atoms with E-state index < -0.39 is 11.7 Å². The average Bonchev–Trinajstić information content (AvgIpc) is 2.64. The van der Waals surface area contributed by atoms with Crippen molar-refractivity contribution in [1.82, 2.24) is 4.90 Å². The minimum atomic E-state index is -4.33. The largest absolute Gasteiger partial charge is 0.416 e. The Morgan fingerprint density at radius 2 is 2.19 bits per heavy atom. The van der Waals surface area contributed by atoms with Gasteiger partial charge in [-0.2, -0.15) is 13.2 Å². The number of nitrogens with zero attached hydrogens (tertiary/aromatic N) is 1. The van der Waals surface area contributed by atoms with Crippen molar-refractivity contribution in [3.05, 3.63) is 35.4 Å². The lowest BCUT2D eigenvalue weighted by Crippen LogP contribution is -2.37. The zero-order valence-corrected chi connectivity index (χ0v) is 12.1. The van der Waals surface area contributed by atoms with Gasteiger partial charge in [0.25, 0.3) is 0 Å². The van der Waals surface area contributed by atoms with E-state index in [1.54, 1.807) is 6.07 Å². The van der Waals surface area contributed by atoms with Crippen LogP contribution in [-0.4, -0.2) is 37.2 Å². The van der Waals surface area contributed by atoms with Crippen LogP contribution in [0, 0.1) is 0 Å². The molecule has 1 saturated heterocycles. The third-order valence-electron chi connectivity index (χ3n) is 3.75. The first-order valence-corrected chi connectivity index (χ1v) is 7.14. The van der Waals surface area contributed by atoms with Crippen LogP contribution in [0.4, 0.5) is 13.2 Å². The van der Waals surface area contributed by atoms with Gasteiger partial charge in [0, 0.05) is 32.3 Å². The maximum Gasteiger partial charge on any atom is 0.416 e. The Labute approximate surface area is 122 Å². The molecule has 2 N–H and O–H groups in total. The molecule has 2 unspecified atom stereocenters. The van der Waals surface area contributed by atoms with E-state index in [2.05, 4.69) is 4.90 Å². The molecule has 1 aliphatic heterocycles. The van der Waals surface area contributed by atoms with Gasteiger partial charge < -0.3 is 10.5 Å². The summed E-state index contributed by atoms with van der Waals surface area (Å²) in [5, 5.41) is 0. The van der Waals surface area contributed by atoms with E-state index in [4.69, 9.17) is 10.5 Å². The van der Waals surface area contributed by atoms with Crippen LogP contribution in [0.2, 0.25) is 0 Å². The first kappa shape index (κ1) is 16.3. The van der Waals surface area contributed by atoms with Crippen molar-refractivity contribution in [3.63, 3.8) is 0 Å². The molecule has 0 radical (unpaired) electrons. The number of nitrogens with two attached hydrogens (primary N) is 1. The van der Waals surface area contributed by atoms with Gasteiger partial charge in [0.2, 0.25) is 0 Å². The Hall–Kier alpha value is -1.11. The average molecular weight is 302 g/mol. The van der Waals surface area contributed by atoms with Crippen LogP contribution in [-0.2, 0) is 10.9 Å². The Bertz CT molecular complexity index is 464. The first-order valence-electron chi connectivity index (χ1n) is 7.14. The highest BCUT2D eigenvalue weighted by atomic mass is 19.4. The fourth-order valence-corrected chi connectivity index (χ4v) is 2.73. The zero-order chi connectivity index (χ0) is 15.5. The molecule has 0 amide bonds. The second kappa shape index (κ2) is 6.77. The molecule has 0 aliphatic carbocycles. The molecule has 0 saturated carbocycles. The minimum Gasteiger partial charge on any atom is -0.377 e. The lowest BCUT2D eigenvalue weighted by molar-refractivity contribution is -0.137. The van der Waals surface area contributed by atoms with Crippen molar-refractivity contribution in [1.29, 1.82) is 0 Å². The zero-order valence-electron chi connectivity index (χ0n) is 12.1. The molecule has 6 heteroatoms. The quantitative estimate of drug-likeness (QED) is 0.933. The molecule has 0 spiro atoms. The predicted octanol–water partition coefficient (Wildman–Crippen LogP) is 2.82. The number of benzene rings is 1. The number of hydrogen-bond acceptors (Lipinski definition) is 3. The fraction of sp³-hybridized carbons (Fsp3) is 0.600. The third kappa shape index (κ3) is 4.18. The van der Waals surface area contributed by atoms with Gasteiger partial charge in [-0.1, -0.05) is 12.1 Å². The van der Waals surface area contributed by atoms with Crippen molar-refractivity contribution in [3.8, 4) is 0 Å². The minimum absolute atomic E-state index is 0.0624. The van der Waals surface area contributed by atoms with Gasteiger partial charge in [-0.25, -0.2) is 0 Å². The molecule has 21 heavy (non-hydrogen) atoms. The summed E-state index contributed by atoms with van der Waals surface area (Å²) in [7, 11) is 0. The van der Waals surface area contributed by atoms with Crippen LogP contribution in [0.5, 0.6) is 0 Å². The Morgan fingerprint density at radius 1 is 1.43 bits per heavy atom. The molecule has 1 aromatic carbocycles. The topological polar surface area (TPSA) is 38.5 Å². The molecule has 1 fully saturated rings. The highest BCUT2D eigenvalue weighted by Gasteiger charge is 2.31. The number of alkyl halides is 3. The normalized spacial score (nSPS) is 22.8. The van der Waals surface area contributed by atoms with Crippen LogP contribution in [0.25, 0.3) is 0 Å². The smallest absolute Gasteiger partial charge is 0.377 e. The highest BCUT2D eigenvalue weighted by molar-refractivity contribution is 5.28. The number of ether oxygens (including phenoxy) is 1. The van der Waals surface area contributed by atoms with Crippen LogP contribution in [0.15, 0.2) is 24.3 Å². The summed E-state index contributed by atoms with van der Waals surface area (Å²) >= 11 is 0. The molecule has 0 aromatic heterocycles. The van der Waals surface area contributed by atoms with E-state index in [0.717, 1.165) is 19.0 Å². The molecular formula is C15H21F3N2O. The standard InChI is InChI=1S/C15H21F3N2O/c1-11-10-20(6-3-7-21-11)14(9-19)12-4-2-5-13(8-12)15(16,17)18/h2,4-5,8,11,14H,3,6-7,9-10,19H2,1H3.